The van der Waals surface area contributed by atoms with Crippen LogP contribution in [0.3, 0.4) is 0 Å². The summed E-state index contributed by atoms with van der Waals surface area (Å²) in [6, 6.07) is 7.46. The van der Waals surface area contributed by atoms with E-state index in [0.717, 1.165) is 12.0 Å². The van der Waals surface area contributed by atoms with Gasteiger partial charge in [0, 0.05) is 0 Å². The van der Waals surface area contributed by atoms with Gasteiger partial charge in [-0.05, 0) is 23.5 Å². The van der Waals surface area contributed by atoms with Gasteiger partial charge in [0.15, 0.2) is 5.84 Å². The zero-order chi connectivity index (χ0) is 14.0. The predicted molar refractivity (Wildman–Crippen MR) is 73.1 cm³/mol. The lowest BCUT2D eigenvalue weighted by Gasteiger charge is -2.31. The van der Waals surface area contributed by atoms with Crippen molar-refractivity contribution in [2.75, 3.05) is 0 Å². The number of carbonyl (C=O) groups is 1. The fraction of sp³-hybridized carbons (Fsp3) is 0.429. The van der Waals surface area contributed by atoms with Gasteiger partial charge in [-0.2, -0.15) is 0 Å². The van der Waals surface area contributed by atoms with Crippen LogP contribution in [0, 0.1) is 5.92 Å². The molecule has 0 aromatic heterocycles. The highest BCUT2D eigenvalue weighted by atomic mass is 16.4. The number of nitrogens with two attached hydrogens (primary N) is 1. The molecular formula is C14H19N3O2. The molecule has 1 aliphatic carbocycles. The quantitative estimate of drug-likeness (QED) is 0.329. The number of carbonyl (C=O) groups excluding carboxylic acids is 1. The van der Waals surface area contributed by atoms with Gasteiger partial charge in [0.05, 0.1) is 12.0 Å². The van der Waals surface area contributed by atoms with E-state index in [-0.39, 0.29) is 23.6 Å². The summed E-state index contributed by atoms with van der Waals surface area (Å²) in [6.07, 6.45) is 0.753. The Labute approximate surface area is 112 Å². The second-order valence-electron chi connectivity index (χ2n) is 5.21. The highest BCUT2D eigenvalue weighted by Gasteiger charge is 2.33. The monoisotopic (exact) mass is 261 g/mol. The first-order chi connectivity index (χ1) is 9.04. The highest BCUT2D eigenvalue weighted by molar-refractivity contribution is 5.93. The number of amidine groups is 1. The van der Waals surface area contributed by atoms with Crippen molar-refractivity contribution in [3.05, 3.63) is 35.4 Å². The van der Waals surface area contributed by atoms with Crippen molar-refractivity contribution in [2.45, 2.75) is 32.2 Å². The van der Waals surface area contributed by atoms with Crippen molar-refractivity contribution in [1.29, 1.82) is 0 Å². The van der Waals surface area contributed by atoms with Gasteiger partial charge >= 0.3 is 0 Å². The van der Waals surface area contributed by atoms with Gasteiger partial charge in [0.1, 0.15) is 0 Å². The molecule has 102 valence electrons. The van der Waals surface area contributed by atoms with E-state index in [9.17, 15) is 4.79 Å². The lowest BCUT2D eigenvalue weighted by Crippen LogP contribution is -2.50. The van der Waals surface area contributed by atoms with Crippen molar-refractivity contribution in [1.82, 2.24) is 5.32 Å². The number of nitrogens with one attached hydrogen (secondary N) is 1. The number of nitrogens with zero attached hydrogens (tertiary/aromatic N) is 1. The highest BCUT2D eigenvalue weighted by Crippen LogP contribution is 2.34. The SMILES string of the molecule is CC(C)C(NC(=O)C1Cc2ccccc21)C(N)=NO. The topological polar surface area (TPSA) is 87.7 Å². The second kappa shape index (κ2) is 5.30. The van der Waals surface area contributed by atoms with Crippen LogP contribution in [0.1, 0.15) is 30.9 Å². The van der Waals surface area contributed by atoms with Crippen molar-refractivity contribution in [3.63, 3.8) is 0 Å². The second-order valence-corrected chi connectivity index (χ2v) is 5.21. The summed E-state index contributed by atoms with van der Waals surface area (Å²) in [7, 11) is 0. The lowest BCUT2D eigenvalue weighted by atomic mass is 9.77. The molecule has 0 saturated heterocycles. The maximum atomic E-state index is 12.2. The summed E-state index contributed by atoms with van der Waals surface area (Å²) < 4.78 is 0. The van der Waals surface area contributed by atoms with Crippen LogP contribution >= 0.6 is 0 Å². The predicted octanol–water partition coefficient (Wildman–Crippen LogP) is 1.21. The van der Waals surface area contributed by atoms with E-state index < -0.39 is 6.04 Å². The number of rotatable bonds is 4. The molecule has 0 saturated carbocycles. The molecular weight excluding hydrogens is 242 g/mol. The number of hydrogen-bond acceptors (Lipinski definition) is 3. The molecule has 1 aliphatic rings. The zero-order valence-electron chi connectivity index (χ0n) is 11.1. The Bertz CT molecular complexity index is 511. The van der Waals surface area contributed by atoms with Crippen LogP contribution in [0.15, 0.2) is 29.4 Å². The molecule has 0 aliphatic heterocycles. The largest absolute Gasteiger partial charge is 0.409 e. The Kier molecular flexibility index (Phi) is 3.74. The molecule has 1 amide bonds. The van der Waals surface area contributed by atoms with Crippen LogP contribution in [0.2, 0.25) is 0 Å². The smallest absolute Gasteiger partial charge is 0.228 e. The molecule has 0 bridgehead atoms. The number of hydrogen-bond donors (Lipinski definition) is 3. The summed E-state index contributed by atoms with van der Waals surface area (Å²) in [5.41, 5.74) is 7.89. The standard InChI is InChI=1S/C14H19N3O2/c1-8(2)12(13(15)17-19)16-14(18)11-7-9-5-3-4-6-10(9)11/h3-6,8,11-12,19H,7H2,1-2H3,(H2,15,17)(H,16,18). The number of amides is 1. The van der Waals surface area contributed by atoms with E-state index in [1.165, 1.54) is 5.56 Å². The zero-order valence-corrected chi connectivity index (χ0v) is 11.1. The third-order valence-corrected chi connectivity index (χ3v) is 3.57. The Hall–Kier alpha value is -2.04. The minimum atomic E-state index is -0.440. The van der Waals surface area contributed by atoms with Gasteiger partial charge in [-0.15, -0.1) is 0 Å². The van der Waals surface area contributed by atoms with E-state index in [4.69, 9.17) is 10.9 Å². The average Bonchev–Trinajstić information content (AvgIpc) is 2.36. The molecule has 1 aromatic rings. The minimum Gasteiger partial charge on any atom is -0.409 e. The number of oxime groups is 1. The molecule has 5 nitrogen and oxygen atoms in total. The Morgan fingerprint density at radius 1 is 1.47 bits per heavy atom. The summed E-state index contributed by atoms with van der Waals surface area (Å²) in [5.74, 6) is -0.0842. The maximum Gasteiger partial charge on any atom is 0.228 e. The van der Waals surface area contributed by atoms with Crippen molar-refractivity contribution in [3.8, 4) is 0 Å². The molecule has 0 fully saturated rings. The molecule has 2 atom stereocenters. The van der Waals surface area contributed by atoms with Crippen LogP contribution in [0.25, 0.3) is 0 Å². The molecule has 2 rings (SSSR count). The average molecular weight is 261 g/mol. The van der Waals surface area contributed by atoms with Crippen LogP contribution < -0.4 is 11.1 Å². The van der Waals surface area contributed by atoms with Crippen LogP contribution in [-0.2, 0) is 11.2 Å². The normalized spacial score (nSPS) is 19.5. The number of fused-ring (bicyclic) bond motifs is 1. The van der Waals surface area contributed by atoms with Gasteiger partial charge < -0.3 is 16.3 Å². The Morgan fingerprint density at radius 2 is 2.16 bits per heavy atom. The van der Waals surface area contributed by atoms with E-state index in [1.807, 2.05) is 38.1 Å². The summed E-state index contributed by atoms with van der Waals surface area (Å²) in [4.78, 5) is 12.2. The summed E-state index contributed by atoms with van der Waals surface area (Å²) in [6.45, 7) is 3.83. The van der Waals surface area contributed by atoms with E-state index >= 15 is 0 Å². The van der Waals surface area contributed by atoms with Crippen molar-refractivity contribution >= 4 is 11.7 Å². The van der Waals surface area contributed by atoms with E-state index in [2.05, 4.69) is 10.5 Å². The van der Waals surface area contributed by atoms with Crippen LogP contribution in [-0.4, -0.2) is 23.0 Å². The molecule has 0 spiro atoms. The first-order valence-corrected chi connectivity index (χ1v) is 6.40. The minimum absolute atomic E-state index is 0.0379. The molecule has 1 aromatic carbocycles. The maximum absolute atomic E-state index is 12.2. The van der Waals surface area contributed by atoms with Crippen LogP contribution in [0.5, 0.6) is 0 Å². The molecule has 19 heavy (non-hydrogen) atoms. The molecule has 0 heterocycles. The summed E-state index contributed by atoms with van der Waals surface area (Å²) >= 11 is 0. The van der Waals surface area contributed by atoms with Gasteiger partial charge in [0.25, 0.3) is 0 Å². The van der Waals surface area contributed by atoms with E-state index in [1.54, 1.807) is 0 Å². The first kappa shape index (κ1) is 13.4. The van der Waals surface area contributed by atoms with Gasteiger partial charge in [-0.1, -0.05) is 43.3 Å². The number of benzene rings is 1. The molecule has 4 N–H and O–H groups in total. The third-order valence-electron chi connectivity index (χ3n) is 3.57. The van der Waals surface area contributed by atoms with Gasteiger partial charge in [0.2, 0.25) is 5.91 Å². The Balaban J connectivity index is 2.06. The molecule has 5 heteroatoms. The fourth-order valence-electron chi connectivity index (χ4n) is 2.39. The fourth-order valence-corrected chi connectivity index (χ4v) is 2.39. The lowest BCUT2D eigenvalue weighted by molar-refractivity contribution is -0.123. The van der Waals surface area contributed by atoms with Crippen molar-refractivity contribution < 1.29 is 10.0 Å². The first-order valence-electron chi connectivity index (χ1n) is 6.40. The van der Waals surface area contributed by atoms with Gasteiger partial charge in [-0.25, -0.2) is 0 Å². The van der Waals surface area contributed by atoms with Gasteiger partial charge in [-0.3, -0.25) is 4.79 Å². The van der Waals surface area contributed by atoms with Crippen molar-refractivity contribution in [2.24, 2.45) is 16.8 Å². The van der Waals surface area contributed by atoms with Crippen LogP contribution in [0.4, 0.5) is 0 Å². The third kappa shape index (κ3) is 2.54. The molecule has 2 unspecified atom stereocenters. The molecule has 0 radical (unpaired) electrons. The Morgan fingerprint density at radius 3 is 2.74 bits per heavy atom. The summed E-state index contributed by atoms with van der Waals surface area (Å²) in [5, 5.41) is 14.6. The van der Waals surface area contributed by atoms with E-state index in [0.29, 0.717) is 0 Å².